The van der Waals surface area contributed by atoms with Gasteiger partial charge in [-0.15, -0.1) is 0 Å². The molecule has 3 rings (SSSR count). The molecule has 1 unspecified atom stereocenters. The van der Waals surface area contributed by atoms with Crippen molar-refractivity contribution in [2.24, 2.45) is 0 Å². The Balaban J connectivity index is 1.94. The van der Waals surface area contributed by atoms with Crippen molar-refractivity contribution in [2.45, 2.75) is 13.0 Å². The first-order valence-corrected chi connectivity index (χ1v) is 7.58. The summed E-state index contributed by atoms with van der Waals surface area (Å²) >= 11 is 0. The van der Waals surface area contributed by atoms with Gasteiger partial charge in [0.2, 0.25) is 0 Å². The second-order valence-electron chi connectivity index (χ2n) is 5.39. The lowest BCUT2D eigenvalue weighted by molar-refractivity contribution is 0.0941. The number of pyridine rings is 1. The molecule has 0 saturated heterocycles. The number of carbonyl (C=O) groups is 1. The highest BCUT2D eigenvalue weighted by Gasteiger charge is 2.19. The van der Waals surface area contributed by atoms with Gasteiger partial charge in [0.25, 0.3) is 5.91 Å². The summed E-state index contributed by atoms with van der Waals surface area (Å²) in [4.78, 5) is 17.1. The zero-order chi connectivity index (χ0) is 16.1. The summed E-state index contributed by atoms with van der Waals surface area (Å²) in [6, 6.07) is 22.9. The van der Waals surface area contributed by atoms with Gasteiger partial charge >= 0.3 is 0 Å². The average Bonchev–Trinajstić information content (AvgIpc) is 2.61. The van der Waals surface area contributed by atoms with Gasteiger partial charge in [0.1, 0.15) is 0 Å². The van der Waals surface area contributed by atoms with Gasteiger partial charge in [-0.1, -0.05) is 54.6 Å². The van der Waals surface area contributed by atoms with Crippen LogP contribution in [-0.2, 0) is 0 Å². The Bertz CT molecular complexity index is 746. The van der Waals surface area contributed by atoms with Crippen LogP contribution in [0, 0.1) is 6.92 Å². The first-order valence-electron chi connectivity index (χ1n) is 7.58. The molecule has 1 aromatic heterocycles. The molecule has 0 aliphatic rings. The SMILES string of the molecule is Cc1ccccc1C(=O)NC(c1ccccc1)c1ccccn1. The standard InChI is InChI=1S/C20H18N2O/c1-15-9-5-6-12-17(15)20(23)22-19(16-10-3-2-4-11-16)18-13-7-8-14-21-18/h2-14,19H,1H3,(H,22,23). The van der Waals surface area contributed by atoms with Gasteiger partial charge < -0.3 is 5.32 Å². The first kappa shape index (κ1) is 15.0. The van der Waals surface area contributed by atoms with Gasteiger partial charge in [0, 0.05) is 11.8 Å². The topological polar surface area (TPSA) is 42.0 Å². The minimum absolute atomic E-state index is 0.0948. The molecule has 0 fully saturated rings. The fourth-order valence-corrected chi connectivity index (χ4v) is 2.56. The molecule has 23 heavy (non-hydrogen) atoms. The first-order chi connectivity index (χ1) is 11.3. The third kappa shape index (κ3) is 3.46. The van der Waals surface area contributed by atoms with Crippen LogP contribution in [0.4, 0.5) is 0 Å². The Morgan fingerprint density at radius 2 is 1.61 bits per heavy atom. The summed E-state index contributed by atoms with van der Waals surface area (Å²) in [7, 11) is 0. The van der Waals surface area contributed by atoms with Crippen molar-refractivity contribution in [1.82, 2.24) is 10.3 Å². The maximum Gasteiger partial charge on any atom is 0.252 e. The number of aryl methyl sites for hydroxylation is 1. The van der Waals surface area contributed by atoms with E-state index < -0.39 is 0 Å². The molecule has 1 N–H and O–H groups in total. The molecule has 3 aromatic rings. The second kappa shape index (κ2) is 6.88. The molecule has 1 atom stereocenters. The fourth-order valence-electron chi connectivity index (χ4n) is 2.56. The molecule has 1 heterocycles. The number of aromatic nitrogens is 1. The molecule has 0 aliphatic carbocycles. The largest absolute Gasteiger partial charge is 0.340 e. The summed E-state index contributed by atoms with van der Waals surface area (Å²) in [5.74, 6) is -0.0948. The molecule has 0 radical (unpaired) electrons. The van der Waals surface area contributed by atoms with E-state index in [0.29, 0.717) is 5.56 Å². The average molecular weight is 302 g/mol. The smallest absolute Gasteiger partial charge is 0.252 e. The fraction of sp³-hybridized carbons (Fsp3) is 0.100. The van der Waals surface area contributed by atoms with E-state index in [9.17, 15) is 4.79 Å². The van der Waals surface area contributed by atoms with Gasteiger partial charge in [0.15, 0.2) is 0 Å². The van der Waals surface area contributed by atoms with Gasteiger partial charge in [0.05, 0.1) is 11.7 Å². The molecule has 0 spiro atoms. The lowest BCUT2D eigenvalue weighted by atomic mass is 10.0. The minimum atomic E-state index is -0.274. The number of amides is 1. The summed E-state index contributed by atoms with van der Waals surface area (Å²) in [6.07, 6.45) is 1.74. The van der Waals surface area contributed by atoms with Crippen LogP contribution in [0.15, 0.2) is 79.0 Å². The number of rotatable bonds is 4. The normalized spacial score (nSPS) is 11.7. The van der Waals surface area contributed by atoms with E-state index in [2.05, 4.69) is 10.3 Å². The van der Waals surface area contributed by atoms with Crippen molar-refractivity contribution < 1.29 is 4.79 Å². The molecule has 0 saturated carbocycles. The zero-order valence-corrected chi connectivity index (χ0v) is 12.9. The molecular weight excluding hydrogens is 284 g/mol. The van der Waals surface area contributed by atoms with Crippen LogP contribution in [0.2, 0.25) is 0 Å². The van der Waals surface area contributed by atoms with Gasteiger partial charge in [-0.05, 0) is 36.2 Å². The van der Waals surface area contributed by atoms with Crippen LogP contribution in [-0.4, -0.2) is 10.9 Å². The lowest BCUT2D eigenvalue weighted by Crippen LogP contribution is -2.30. The molecule has 0 bridgehead atoms. The van der Waals surface area contributed by atoms with E-state index in [1.165, 1.54) is 0 Å². The Morgan fingerprint density at radius 3 is 2.30 bits per heavy atom. The van der Waals surface area contributed by atoms with Gasteiger partial charge in [-0.2, -0.15) is 0 Å². The predicted molar refractivity (Wildman–Crippen MR) is 91.2 cm³/mol. The summed E-state index contributed by atoms with van der Waals surface area (Å²) < 4.78 is 0. The molecule has 3 heteroatoms. The highest BCUT2D eigenvalue weighted by Crippen LogP contribution is 2.21. The van der Waals surface area contributed by atoms with Crippen LogP contribution in [0.5, 0.6) is 0 Å². The number of benzene rings is 2. The second-order valence-corrected chi connectivity index (χ2v) is 5.39. The third-order valence-corrected chi connectivity index (χ3v) is 3.78. The van der Waals surface area contributed by atoms with Gasteiger partial charge in [-0.25, -0.2) is 0 Å². The van der Waals surface area contributed by atoms with Crippen LogP contribution in [0.1, 0.15) is 33.2 Å². The van der Waals surface area contributed by atoms with E-state index in [4.69, 9.17) is 0 Å². The molecular formula is C20H18N2O. The Kier molecular flexibility index (Phi) is 4.48. The van der Waals surface area contributed by atoms with E-state index in [1.807, 2.05) is 79.7 Å². The maximum absolute atomic E-state index is 12.7. The summed E-state index contributed by atoms with van der Waals surface area (Å²) in [5, 5.41) is 3.11. The number of nitrogens with one attached hydrogen (secondary N) is 1. The van der Waals surface area contributed by atoms with Crippen molar-refractivity contribution in [1.29, 1.82) is 0 Å². The molecule has 2 aromatic carbocycles. The zero-order valence-electron chi connectivity index (χ0n) is 12.9. The van der Waals surface area contributed by atoms with Crippen molar-refractivity contribution >= 4 is 5.91 Å². The maximum atomic E-state index is 12.7. The van der Waals surface area contributed by atoms with Crippen LogP contribution < -0.4 is 5.32 Å². The predicted octanol–water partition coefficient (Wildman–Crippen LogP) is 3.91. The highest BCUT2D eigenvalue weighted by molar-refractivity contribution is 5.96. The number of hydrogen-bond donors (Lipinski definition) is 1. The Labute approximate surface area is 136 Å². The summed E-state index contributed by atoms with van der Waals surface area (Å²) in [6.45, 7) is 1.94. The van der Waals surface area contributed by atoms with E-state index in [1.54, 1.807) is 6.20 Å². The van der Waals surface area contributed by atoms with E-state index in [-0.39, 0.29) is 11.9 Å². The molecule has 0 aliphatic heterocycles. The number of nitrogens with zero attached hydrogens (tertiary/aromatic N) is 1. The van der Waals surface area contributed by atoms with Gasteiger partial charge in [-0.3, -0.25) is 9.78 Å². The van der Waals surface area contributed by atoms with Crippen molar-refractivity contribution in [3.63, 3.8) is 0 Å². The molecule has 114 valence electrons. The Hall–Kier alpha value is -2.94. The van der Waals surface area contributed by atoms with E-state index in [0.717, 1.165) is 16.8 Å². The molecule has 3 nitrogen and oxygen atoms in total. The number of carbonyl (C=O) groups excluding carboxylic acids is 1. The summed E-state index contributed by atoms with van der Waals surface area (Å²) in [5.41, 5.74) is 3.47. The van der Waals surface area contributed by atoms with Crippen LogP contribution in [0.25, 0.3) is 0 Å². The Morgan fingerprint density at radius 1 is 0.913 bits per heavy atom. The molecule has 1 amide bonds. The van der Waals surface area contributed by atoms with Crippen molar-refractivity contribution in [3.05, 3.63) is 101 Å². The quantitative estimate of drug-likeness (QED) is 0.794. The third-order valence-electron chi connectivity index (χ3n) is 3.78. The van der Waals surface area contributed by atoms with Crippen LogP contribution in [0.3, 0.4) is 0 Å². The van der Waals surface area contributed by atoms with Crippen molar-refractivity contribution in [2.75, 3.05) is 0 Å². The lowest BCUT2D eigenvalue weighted by Gasteiger charge is -2.19. The monoisotopic (exact) mass is 302 g/mol. The highest BCUT2D eigenvalue weighted by atomic mass is 16.1. The van der Waals surface area contributed by atoms with E-state index >= 15 is 0 Å². The van der Waals surface area contributed by atoms with Crippen LogP contribution >= 0.6 is 0 Å². The minimum Gasteiger partial charge on any atom is -0.340 e. The number of hydrogen-bond acceptors (Lipinski definition) is 2. The van der Waals surface area contributed by atoms with Crippen molar-refractivity contribution in [3.8, 4) is 0 Å².